The van der Waals surface area contributed by atoms with Crippen LogP contribution in [0.4, 0.5) is 11.5 Å². The zero-order chi connectivity index (χ0) is 17.8. The summed E-state index contributed by atoms with van der Waals surface area (Å²) in [6.45, 7) is 4.99. The number of ether oxygens (including phenoxy) is 1. The standard InChI is InChI=1S/C18H23N5O2/c1-13-19-16(18(24)23-9-7-22(2)8-10-23)12-17(20-13)21-14-5-4-6-15(11-14)25-3/h4-6,11-12H,7-10H2,1-3H3,(H,19,20,21). The second kappa shape index (κ2) is 7.48. The van der Waals surface area contributed by atoms with E-state index in [9.17, 15) is 4.79 Å². The topological polar surface area (TPSA) is 70.6 Å². The molecule has 1 amide bonds. The first-order valence-corrected chi connectivity index (χ1v) is 8.30. The van der Waals surface area contributed by atoms with Crippen molar-refractivity contribution in [2.24, 2.45) is 0 Å². The van der Waals surface area contributed by atoms with Crippen molar-refractivity contribution >= 4 is 17.4 Å². The number of methoxy groups -OCH3 is 1. The Balaban J connectivity index is 1.79. The molecule has 1 aromatic carbocycles. The molecule has 7 heteroatoms. The number of aromatic nitrogens is 2. The quantitative estimate of drug-likeness (QED) is 0.916. The van der Waals surface area contributed by atoms with Crippen LogP contribution in [0, 0.1) is 6.92 Å². The van der Waals surface area contributed by atoms with Gasteiger partial charge >= 0.3 is 0 Å². The van der Waals surface area contributed by atoms with E-state index in [0.717, 1.165) is 37.6 Å². The predicted molar refractivity (Wildman–Crippen MR) is 96.4 cm³/mol. The van der Waals surface area contributed by atoms with Crippen molar-refractivity contribution in [2.75, 3.05) is 45.7 Å². The molecule has 1 N–H and O–H groups in total. The molecular weight excluding hydrogens is 318 g/mol. The van der Waals surface area contributed by atoms with Gasteiger partial charge in [-0.2, -0.15) is 0 Å². The predicted octanol–water partition coefficient (Wildman–Crippen LogP) is 1.92. The highest BCUT2D eigenvalue weighted by Crippen LogP contribution is 2.21. The Morgan fingerprint density at radius 1 is 1.16 bits per heavy atom. The zero-order valence-corrected chi connectivity index (χ0v) is 14.8. The first-order chi connectivity index (χ1) is 12.0. The number of anilines is 2. The van der Waals surface area contributed by atoms with E-state index in [1.807, 2.05) is 29.2 Å². The van der Waals surface area contributed by atoms with E-state index < -0.39 is 0 Å². The molecule has 1 saturated heterocycles. The number of rotatable bonds is 4. The van der Waals surface area contributed by atoms with Crippen molar-refractivity contribution in [2.45, 2.75) is 6.92 Å². The van der Waals surface area contributed by atoms with Crippen LogP contribution in [-0.2, 0) is 0 Å². The summed E-state index contributed by atoms with van der Waals surface area (Å²) in [7, 11) is 3.69. The minimum atomic E-state index is -0.0488. The third kappa shape index (κ3) is 4.24. The molecule has 132 valence electrons. The molecule has 1 aromatic heterocycles. The maximum Gasteiger partial charge on any atom is 0.272 e. The third-order valence-corrected chi connectivity index (χ3v) is 4.19. The van der Waals surface area contributed by atoms with Gasteiger partial charge in [0.2, 0.25) is 0 Å². The maximum absolute atomic E-state index is 12.7. The molecule has 1 fully saturated rings. The number of nitrogens with zero attached hydrogens (tertiary/aromatic N) is 4. The number of benzene rings is 1. The second-order valence-corrected chi connectivity index (χ2v) is 6.14. The molecule has 0 unspecified atom stereocenters. The number of piperazine rings is 1. The van der Waals surface area contributed by atoms with E-state index in [1.165, 1.54) is 0 Å². The average molecular weight is 341 g/mol. The summed E-state index contributed by atoms with van der Waals surface area (Å²) >= 11 is 0. The monoisotopic (exact) mass is 341 g/mol. The molecule has 1 aliphatic rings. The smallest absolute Gasteiger partial charge is 0.272 e. The lowest BCUT2D eigenvalue weighted by molar-refractivity contribution is 0.0658. The number of carbonyl (C=O) groups is 1. The van der Waals surface area contributed by atoms with Gasteiger partial charge in [-0.1, -0.05) is 6.07 Å². The maximum atomic E-state index is 12.7. The summed E-state index contributed by atoms with van der Waals surface area (Å²) in [5.74, 6) is 1.86. The Kier molecular flexibility index (Phi) is 5.14. The van der Waals surface area contributed by atoms with E-state index in [-0.39, 0.29) is 5.91 Å². The summed E-state index contributed by atoms with van der Waals surface area (Å²) in [6, 6.07) is 9.26. The number of likely N-dealkylation sites (N-methyl/N-ethyl adjacent to an activating group) is 1. The van der Waals surface area contributed by atoms with Crippen LogP contribution in [0.15, 0.2) is 30.3 Å². The van der Waals surface area contributed by atoms with Crippen LogP contribution in [-0.4, -0.2) is 66.0 Å². The highest BCUT2D eigenvalue weighted by atomic mass is 16.5. The first-order valence-electron chi connectivity index (χ1n) is 8.30. The van der Waals surface area contributed by atoms with Crippen molar-refractivity contribution in [3.05, 3.63) is 41.9 Å². The van der Waals surface area contributed by atoms with Crippen molar-refractivity contribution in [3.63, 3.8) is 0 Å². The molecule has 1 aliphatic heterocycles. The van der Waals surface area contributed by atoms with E-state index in [0.29, 0.717) is 17.3 Å². The molecule has 0 atom stereocenters. The van der Waals surface area contributed by atoms with Gasteiger partial charge < -0.3 is 19.9 Å². The summed E-state index contributed by atoms with van der Waals surface area (Å²) in [6.07, 6.45) is 0. The molecular formula is C18H23N5O2. The van der Waals surface area contributed by atoms with Gasteiger partial charge in [0.25, 0.3) is 5.91 Å². The first kappa shape index (κ1) is 17.2. The minimum Gasteiger partial charge on any atom is -0.497 e. The molecule has 0 aliphatic carbocycles. The Morgan fingerprint density at radius 3 is 2.64 bits per heavy atom. The van der Waals surface area contributed by atoms with Gasteiger partial charge in [-0.15, -0.1) is 0 Å². The molecule has 3 rings (SSSR count). The van der Waals surface area contributed by atoms with Crippen molar-refractivity contribution in [3.8, 4) is 5.75 Å². The molecule has 0 radical (unpaired) electrons. The summed E-state index contributed by atoms with van der Waals surface area (Å²) < 4.78 is 5.23. The fourth-order valence-electron chi connectivity index (χ4n) is 2.76. The molecule has 0 spiro atoms. The SMILES string of the molecule is COc1cccc(Nc2cc(C(=O)N3CCN(C)CC3)nc(C)n2)c1. The van der Waals surface area contributed by atoms with Gasteiger partial charge in [-0.25, -0.2) is 9.97 Å². The van der Waals surface area contributed by atoms with Gasteiger partial charge in [-0.3, -0.25) is 4.79 Å². The molecule has 7 nitrogen and oxygen atoms in total. The van der Waals surface area contributed by atoms with Gasteiger partial charge in [0.1, 0.15) is 23.1 Å². The number of aryl methyl sites for hydroxylation is 1. The fraction of sp³-hybridized carbons (Fsp3) is 0.389. The summed E-state index contributed by atoms with van der Waals surface area (Å²) in [4.78, 5) is 25.5. The minimum absolute atomic E-state index is 0.0488. The fourth-order valence-corrected chi connectivity index (χ4v) is 2.76. The third-order valence-electron chi connectivity index (χ3n) is 4.19. The largest absolute Gasteiger partial charge is 0.497 e. The Hall–Kier alpha value is -2.67. The lowest BCUT2D eigenvalue weighted by atomic mass is 10.2. The van der Waals surface area contributed by atoms with E-state index in [1.54, 1.807) is 20.1 Å². The molecule has 0 saturated carbocycles. The van der Waals surface area contributed by atoms with Crippen LogP contribution >= 0.6 is 0 Å². The Bertz CT molecular complexity index is 757. The molecule has 2 aromatic rings. The van der Waals surface area contributed by atoms with E-state index in [2.05, 4.69) is 27.2 Å². The normalized spacial score (nSPS) is 15.1. The molecule has 25 heavy (non-hydrogen) atoms. The van der Waals surface area contributed by atoms with E-state index >= 15 is 0 Å². The van der Waals surface area contributed by atoms with Crippen LogP contribution in [0.25, 0.3) is 0 Å². The molecule has 2 heterocycles. The highest BCUT2D eigenvalue weighted by Gasteiger charge is 2.22. The zero-order valence-electron chi connectivity index (χ0n) is 14.8. The van der Waals surface area contributed by atoms with Gasteiger partial charge in [-0.05, 0) is 26.1 Å². The van der Waals surface area contributed by atoms with Crippen molar-refractivity contribution in [1.29, 1.82) is 0 Å². The van der Waals surface area contributed by atoms with Crippen LogP contribution in [0.3, 0.4) is 0 Å². The van der Waals surface area contributed by atoms with Crippen molar-refractivity contribution < 1.29 is 9.53 Å². The van der Waals surface area contributed by atoms with Crippen molar-refractivity contribution in [1.82, 2.24) is 19.8 Å². The van der Waals surface area contributed by atoms with Crippen LogP contribution in [0.5, 0.6) is 5.75 Å². The Morgan fingerprint density at radius 2 is 1.92 bits per heavy atom. The lowest BCUT2D eigenvalue weighted by Crippen LogP contribution is -2.47. The number of hydrogen-bond acceptors (Lipinski definition) is 6. The highest BCUT2D eigenvalue weighted by molar-refractivity contribution is 5.93. The summed E-state index contributed by atoms with van der Waals surface area (Å²) in [5, 5.41) is 3.21. The van der Waals surface area contributed by atoms with Gasteiger partial charge in [0.15, 0.2) is 0 Å². The number of nitrogens with one attached hydrogen (secondary N) is 1. The number of hydrogen-bond donors (Lipinski definition) is 1. The Labute approximate surface area is 147 Å². The number of amides is 1. The van der Waals surface area contributed by atoms with Crippen LogP contribution in [0.1, 0.15) is 16.3 Å². The van der Waals surface area contributed by atoms with E-state index in [4.69, 9.17) is 4.74 Å². The molecule has 0 bridgehead atoms. The van der Waals surface area contributed by atoms with Gasteiger partial charge in [0.05, 0.1) is 7.11 Å². The van der Waals surface area contributed by atoms with Crippen LogP contribution < -0.4 is 10.1 Å². The lowest BCUT2D eigenvalue weighted by Gasteiger charge is -2.32. The van der Waals surface area contributed by atoms with Crippen LogP contribution in [0.2, 0.25) is 0 Å². The average Bonchev–Trinajstić information content (AvgIpc) is 2.61. The number of carbonyl (C=O) groups excluding carboxylic acids is 1. The summed E-state index contributed by atoms with van der Waals surface area (Å²) in [5.41, 5.74) is 1.26. The second-order valence-electron chi connectivity index (χ2n) is 6.14. The van der Waals surface area contributed by atoms with Gasteiger partial charge in [0, 0.05) is 44.0 Å².